The van der Waals surface area contributed by atoms with Gasteiger partial charge < -0.3 is 14.5 Å². The lowest BCUT2D eigenvalue weighted by Crippen LogP contribution is -2.34. The van der Waals surface area contributed by atoms with E-state index in [1.54, 1.807) is 18.4 Å². The van der Waals surface area contributed by atoms with Crippen molar-refractivity contribution in [3.63, 3.8) is 0 Å². The maximum absolute atomic E-state index is 12.4. The van der Waals surface area contributed by atoms with Crippen molar-refractivity contribution in [2.75, 3.05) is 13.2 Å². The quantitative estimate of drug-likeness (QED) is 0.625. The molecule has 7 nitrogen and oxygen atoms in total. The van der Waals surface area contributed by atoms with Crippen molar-refractivity contribution in [3.8, 4) is 0 Å². The summed E-state index contributed by atoms with van der Waals surface area (Å²) in [4.78, 5) is 24.5. The number of hydrogen-bond acceptors (Lipinski definition) is 5. The molecule has 0 saturated carbocycles. The normalized spacial score (nSPS) is 11.0. The number of fused-ring (bicyclic) bond motifs is 1. The number of nitrogens with zero attached hydrogens (tertiary/aromatic N) is 2. The Morgan fingerprint density at radius 3 is 2.81 bits per heavy atom. The summed E-state index contributed by atoms with van der Waals surface area (Å²) in [6, 6.07) is 10.9. The highest BCUT2D eigenvalue weighted by atomic mass is 16.5. The Morgan fingerprint density at radius 2 is 2.04 bits per heavy atom. The molecule has 3 rings (SSSR count). The van der Waals surface area contributed by atoms with Gasteiger partial charge >= 0.3 is 0 Å². The highest BCUT2D eigenvalue weighted by Gasteiger charge is 2.10. The van der Waals surface area contributed by atoms with Crippen LogP contribution >= 0.6 is 0 Å². The second-order valence-electron chi connectivity index (χ2n) is 5.93. The van der Waals surface area contributed by atoms with Gasteiger partial charge in [-0.25, -0.2) is 4.68 Å². The molecule has 1 amide bonds. The van der Waals surface area contributed by atoms with E-state index in [1.165, 1.54) is 4.68 Å². The Balaban J connectivity index is 1.47. The maximum atomic E-state index is 12.4. The topological polar surface area (TPSA) is 86.4 Å². The van der Waals surface area contributed by atoms with E-state index in [9.17, 15) is 9.59 Å². The van der Waals surface area contributed by atoms with Crippen LogP contribution in [0.15, 0.2) is 51.9 Å². The second-order valence-corrected chi connectivity index (χ2v) is 5.93. The second kappa shape index (κ2) is 8.44. The highest BCUT2D eigenvalue weighted by Crippen LogP contribution is 2.11. The third kappa shape index (κ3) is 4.37. The predicted molar refractivity (Wildman–Crippen MR) is 96.7 cm³/mol. The zero-order valence-electron chi connectivity index (χ0n) is 14.6. The van der Waals surface area contributed by atoms with Crippen molar-refractivity contribution in [2.45, 2.75) is 26.5 Å². The first-order valence-electron chi connectivity index (χ1n) is 8.48. The fraction of sp³-hybridized carbons (Fsp3) is 0.316. The van der Waals surface area contributed by atoms with E-state index in [0.717, 1.165) is 16.8 Å². The molecule has 7 heteroatoms. The van der Waals surface area contributed by atoms with Crippen LogP contribution in [-0.4, -0.2) is 28.8 Å². The van der Waals surface area contributed by atoms with Crippen molar-refractivity contribution >= 4 is 16.7 Å². The van der Waals surface area contributed by atoms with Crippen molar-refractivity contribution < 1.29 is 13.9 Å². The number of ether oxygens (including phenoxy) is 1. The van der Waals surface area contributed by atoms with Crippen LogP contribution in [0.2, 0.25) is 0 Å². The molecular formula is C19H21N3O4. The van der Waals surface area contributed by atoms with E-state index in [4.69, 9.17) is 9.15 Å². The molecule has 0 spiro atoms. The standard InChI is InChI=1S/C19H21N3O4/c1-14-16-7-2-3-8-17(16)19(24)22(21-14)12-18(23)20-9-5-10-25-13-15-6-4-11-26-15/h2-4,6-8,11H,5,9-10,12-13H2,1H3,(H,20,23). The van der Waals surface area contributed by atoms with Crippen LogP contribution in [0.5, 0.6) is 0 Å². The molecular weight excluding hydrogens is 334 g/mol. The van der Waals surface area contributed by atoms with Gasteiger partial charge in [0.2, 0.25) is 5.91 Å². The third-order valence-electron chi connectivity index (χ3n) is 3.96. The van der Waals surface area contributed by atoms with Crippen molar-refractivity contribution in [2.24, 2.45) is 0 Å². The molecule has 2 aromatic heterocycles. The van der Waals surface area contributed by atoms with Crippen molar-refractivity contribution in [1.29, 1.82) is 0 Å². The summed E-state index contributed by atoms with van der Waals surface area (Å²) in [6.07, 6.45) is 2.27. The average Bonchev–Trinajstić information content (AvgIpc) is 3.16. The molecule has 0 aliphatic rings. The van der Waals surface area contributed by atoms with Gasteiger partial charge in [0.15, 0.2) is 0 Å². The number of carbonyl (C=O) groups is 1. The van der Waals surface area contributed by atoms with Crippen molar-refractivity contribution in [1.82, 2.24) is 15.1 Å². The summed E-state index contributed by atoms with van der Waals surface area (Å²) in [5, 5.41) is 8.39. The van der Waals surface area contributed by atoms with E-state index in [2.05, 4.69) is 10.4 Å². The number of benzene rings is 1. The number of aryl methyl sites for hydroxylation is 1. The Morgan fingerprint density at radius 1 is 1.23 bits per heavy atom. The predicted octanol–water partition coefficient (Wildman–Crippen LogP) is 2.02. The minimum absolute atomic E-state index is 0.0994. The third-order valence-corrected chi connectivity index (χ3v) is 3.96. The smallest absolute Gasteiger partial charge is 0.275 e. The van der Waals surface area contributed by atoms with Gasteiger partial charge in [-0.1, -0.05) is 18.2 Å². The molecule has 0 fully saturated rings. The molecule has 2 heterocycles. The fourth-order valence-corrected chi connectivity index (χ4v) is 2.67. The Labute approximate surface area is 150 Å². The lowest BCUT2D eigenvalue weighted by atomic mass is 10.1. The molecule has 26 heavy (non-hydrogen) atoms. The van der Waals surface area contributed by atoms with Crippen LogP contribution in [0.1, 0.15) is 17.9 Å². The van der Waals surface area contributed by atoms with Crippen LogP contribution in [0.4, 0.5) is 0 Å². The first kappa shape index (κ1) is 17.9. The van der Waals surface area contributed by atoms with Gasteiger partial charge in [-0.3, -0.25) is 9.59 Å². The molecule has 0 saturated heterocycles. The van der Waals surface area contributed by atoms with Gasteiger partial charge in [-0.05, 0) is 31.5 Å². The first-order chi connectivity index (χ1) is 12.6. The molecule has 136 valence electrons. The van der Waals surface area contributed by atoms with Gasteiger partial charge in [0, 0.05) is 18.5 Å². The van der Waals surface area contributed by atoms with E-state index in [0.29, 0.717) is 31.6 Å². The first-order valence-corrected chi connectivity index (χ1v) is 8.48. The van der Waals surface area contributed by atoms with E-state index < -0.39 is 0 Å². The molecule has 0 radical (unpaired) electrons. The summed E-state index contributed by atoms with van der Waals surface area (Å²) >= 11 is 0. The summed E-state index contributed by atoms with van der Waals surface area (Å²) in [5.41, 5.74) is 0.461. The highest BCUT2D eigenvalue weighted by molar-refractivity contribution is 5.83. The molecule has 0 atom stereocenters. The van der Waals surface area contributed by atoms with Gasteiger partial charge in [0.1, 0.15) is 18.9 Å². The van der Waals surface area contributed by atoms with Crippen molar-refractivity contribution in [3.05, 3.63) is 64.5 Å². The summed E-state index contributed by atoms with van der Waals surface area (Å²) in [7, 11) is 0. The summed E-state index contributed by atoms with van der Waals surface area (Å²) in [6.45, 7) is 3.12. The number of carbonyl (C=O) groups excluding carboxylic acids is 1. The van der Waals surface area contributed by atoms with Crippen LogP contribution in [0.25, 0.3) is 10.8 Å². The fourth-order valence-electron chi connectivity index (χ4n) is 2.67. The molecule has 0 bridgehead atoms. The van der Waals surface area contributed by atoms with Gasteiger partial charge in [0.05, 0.1) is 17.3 Å². The van der Waals surface area contributed by atoms with Crippen LogP contribution in [0.3, 0.4) is 0 Å². The molecule has 3 aromatic rings. The van der Waals surface area contributed by atoms with Crippen LogP contribution in [0, 0.1) is 6.92 Å². The van der Waals surface area contributed by atoms with E-state index in [-0.39, 0.29) is 18.0 Å². The zero-order valence-corrected chi connectivity index (χ0v) is 14.6. The minimum Gasteiger partial charge on any atom is -0.467 e. The molecule has 1 aromatic carbocycles. The monoisotopic (exact) mass is 355 g/mol. The van der Waals surface area contributed by atoms with Crippen LogP contribution < -0.4 is 10.9 Å². The summed E-state index contributed by atoms with van der Waals surface area (Å²) < 4.78 is 11.8. The molecule has 1 N–H and O–H groups in total. The Kier molecular flexibility index (Phi) is 5.80. The number of hydrogen-bond donors (Lipinski definition) is 1. The number of nitrogens with one attached hydrogen (secondary N) is 1. The lowest BCUT2D eigenvalue weighted by molar-refractivity contribution is -0.121. The van der Waals surface area contributed by atoms with E-state index >= 15 is 0 Å². The number of amides is 1. The van der Waals surface area contributed by atoms with E-state index in [1.807, 2.05) is 31.2 Å². The SMILES string of the molecule is Cc1nn(CC(=O)NCCCOCc2ccco2)c(=O)c2ccccc12. The van der Waals surface area contributed by atoms with Gasteiger partial charge in [0.25, 0.3) is 5.56 Å². The van der Waals surface area contributed by atoms with Gasteiger partial charge in [-0.2, -0.15) is 5.10 Å². The number of furan rings is 1. The Bertz CT molecular complexity index is 932. The minimum atomic E-state index is -0.261. The number of rotatable bonds is 8. The number of aromatic nitrogens is 2. The largest absolute Gasteiger partial charge is 0.467 e. The molecule has 0 unspecified atom stereocenters. The molecule has 0 aliphatic heterocycles. The zero-order chi connectivity index (χ0) is 18.4. The molecule has 0 aliphatic carbocycles. The summed E-state index contributed by atoms with van der Waals surface area (Å²) in [5.74, 6) is 0.520. The Hall–Kier alpha value is -2.93. The lowest BCUT2D eigenvalue weighted by Gasteiger charge is -2.09. The maximum Gasteiger partial charge on any atom is 0.275 e. The average molecular weight is 355 g/mol. The van der Waals surface area contributed by atoms with Crippen LogP contribution in [-0.2, 0) is 22.7 Å². The van der Waals surface area contributed by atoms with Gasteiger partial charge in [-0.15, -0.1) is 0 Å².